The Kier molecular flexibility index (Phi) is 5.51. The highest BCUT2D eigenvalue weighted by Gasteiger charge is 2.26. The van der Waals surface area contributed by atoms with Crippen LogP contribution in [-0.4, -0.2) is 19.5 Å². The summed E-state index contributed by atoms with van der Waals surface area (Å²) < 4.78 is 10.9. The molecule has 0 radical (unpaired) electrons. The average Bonchev–Trinajstić information content (AvgIpc) is 2.04. The van der Waals surface area contributed by atoms with Crippen LogP contribution in [0, 0.1) is 0 Å². The van der Waals surface area contributed by atoms with Gasteiger partial charge in [-0.2, -0.15) is 0 Å². The van der Waals surface area contributed by atoms with E-state index in [2.05, 4.69) is 13.8 Å². The molecular formula is C9H20O2. The van der Waals surface area contributed by atoms with Gasteiger partial charge in [-0.3, -0.25) is 0 Å². The lowest BCUT2D eigenvalue weighted by Gasteiger charge is -2.30. The summed E-state index contributed by atoms with van der Waals surface area (Å²) in [6.07, 6.45) is 3.00. The van der Waals surface area contributed by atoms with Gasteiger partial charge >= 0.3 is 0 Å². The van der Waals surface area contributed by atoms with Crippen LogP contribution < -0.4 is 0 Å². The zero-order chi connectivity index (χ0) is 8.74. The minimum absolute atomic E-state index is 0.316. The second kappa shape index (κ2) is 5.56. The standard InChI is InChI=1S/C9H20O2/c1-5-8-9(6-2,10-4)11-7-3/h5-8H2,1-4H3. The first kappa shape index (κ1) is 10.9. The van der Waals surface area contributed by atoms with E-state index in [1.807, 2.05) is 6.92 Å². The minimum Gasteiger partial charge on any atom is -0.353 e. The molecule has 0 aliphatic carbocycles. The molecule has 0 aromatic carbocycles. The van der Waals surface area contributed by atoms with Crippen molar-refractivity contribution >= 4 is 0 Å². The first-order valence-electron chi connectivity index (χ1n) is 4.43. The lowest BCUT2D eigenvalue weighted by molar-refractivity contribution is -0.225. The van der Waals surface area contributed by atoms with Crippen LogP contribution in [0.15, 0.2) is 0 Å². The number of hydrogen-bond acceptors (Lipinski definition) is 2. The molecule has 0 aliphatic rings. The van der Waals surface area contributed by atoms with Crippen LogP contribution in [0.5, 0.6) is 0 Å². The van der Waals surface area contributed by atoms with E-state index >= 15 is 0 Å². The predicted octanol–water partition coefficient (Wildman–Crippen LogP) is 2.58. The van der Waals surface area contributed by atoms with Crippen molar-refractivity contribution in [2.24, 2.45) is 0 Å². The van der Waals surface area contributed by atoms with Gasteiger partial charge in [0.1, 0.15) is 0 Å². The summed E-state index contributed by atoms with van der Waals surface area (Å²) in [6, 6.07) is 0. The zero-order valence-corrected chi connectivity index (χ0v) is 8.14. The van der Waals surface area contributed by atoms with Crippen molar-refractivity contribution in [3.63, 3.8) is 0 Å². The summed E-state index contributed by atoms with van der Waals surface area (Å²) in [5.41, 5.74) is 0. The number of hydrogen-bond donors (Lipinski definition) is 0. The summed E-state index contributed by atoms with van der Waals surface area (Å²) in [4.78, 5) is 0. The molecule has 11 heavy (non-hydrogen) atoms. The molecule has 0 heterocycles. The zero-order valence-electron chi connectivity index (χ0n) is 8.14. The largest absolute Gasteiger partial charge is 0.353 e. The van der Waals surface area contributed by atoms with Crippen LogP contribution >= 0.6 is 0 Å². The Morgan fingerprint density at radius 2 is 1.82 bits per heavy atom. The molecular weight excluding hydrogens is 140 g/mol. The van der Waals surface area contributed by atoms with Gasteiger partial charge in [0.05, 0.1) is 0 Å². The van der Waals surface area contributed by atoms with Crippen molar-refractivity contribution in [1.82, 2.24) is 0 Å². The lowest BCUT2D eigenvalue weighted by atomic mass is 10.1. The third-order valence-corrected chi connectivity index (χ3v) is 1.95. The van der Waals surface area contributed by atoms with Crippen LogP contribution in [0.1, 0.15) is 40.0 Å². The highest BCUT2D eigenvalue weighted by atomic mass is 16.7. The van der Waals surface area contributed by atoms with Crippen LogP contribution in [0.25, 0.3) is 0 Å². The molecule has 0 aliphatic heterocycles. The molecule has 68 valence electrons. The molecule has 0 saturated heterocycles. The molecule has 1 atom stereocenters. The molecule has 0 aromatic heterocycles. The minimum atomic E-state index is -0.316. The summed E-state index contributed by atoms with van der Waals surface area (Å²) >= 11 is 0. The maximum atomic E-state index is 5.55. The van der Waals surface area contributed by atoms with Gasteiger partial charge in [-0.15, -0.1) is 0 Å². The van der Waals surface area contributed by atoms with Gasteiger partial charge in [0, 0.05) is 20.1 Å². The Morgan fingerprint density at radius 3 is 2.09 bits per heavy atom. The van der Waals surface area contributed by atoms with E-state index in [0.717, 1.165) is 25.9 Å². The fourth-order valence-electron chi connectivity index (χ4n) is 1.30. The molecule has 0 spiro atoms. The molecule has 0 amide bonds. The van der Waals surface area contributed by atoms with Gasteiger partial charge in [0.25, 0.3) is 0 Å². The summed E-state index contributed by atoms with van der Waals surface area (Å²) in [7, 11) is 1.72. The Hall–Kier alpha value is -0.0800. The number of ether oxygens (including phenoxy) is 2. The Morgan fingerprint density at radius 1 is 1.18 bits per heavy atom. The van der Waals surface area contributed by atoms with Crippen molar-refractivity contribution in [3.05, 3.63) is 0 Å². The van der Waals surface area contributed by atoms with Crippen molar-refractivity contribution in [3.8, 4) is 0 Å². The van der Waals surface area contributed by atoms with Gasteiger partial charge in [-0.25, -0.2) is 0 Å². The van der Waals surface area contributed by atoms with Crippen molar-refractivity contribution in [1.29, 1.82) is 0 Å². The van der Waals surface area contributed by atoms with Gasteiger partial charge in [0.2, 0.25) is 0 Å². The molecule has 0 bridgehead atoms. The molecule has 2 nitrogen and oxygen atoms in total. The maximum Gasteiger partial charge on any atom is 0.167 e. The van der Waals surface area contributed by atoms with Crippen molar-refractivity contribution < 1.29 is 9.47 Å². The molecule has 0 aromatic rings. The Balaban J connectivity index is 3.96. The SMILES string of the molecule is CCCC(CC)(OC)OCC. The maximum absolute atomic E-state index is 5.55. The van der Waals surface area contributed by atoms with Gasteiger partial charge in [-0.05, 0) is 13.3 Å². The van der Waals surface area contributed by atoms with Crippen LogP contribution in [0.2, 0.25) is 0 Å². The first-order valence-corrected chi connectivity index (χ1v) is 4.43. The van der Waals surface area contributed by atoms with E-state index in [4.69, 9.17) is 9.47 Å². The second-order valence-corrected chi connectivity index (χ2v) is 2.65. The van der Waals surface area contributed by atoms with Crippen LogP contribution in [0.4, 0.5) is 0 Å². The Labute approximate surface area is 69.9 Å². The van der Waals surface area contributed by atoms with E-state index in [1.54, 1.807) is 7.11 Å². The Bertz CT molecular complexity index is 79.6. The number of methoxy groups -OCH3 is 1. The molecule has 1 unspecified atom stereocenters. The quantitative estimate of drug-likeness (QED) is 0.556. The molecule has 0 fully saturated rings. The van der Waals surface area contributed by atoms with Gasteiger partial charge in [-0.1, -0.05) is 20.3 Å². The predicted molar refractivity (Wildman–Crippen MR) is 46.6 cm³/mol. The number of rotatable bonds is 6. The van der Waals surface area contributed by atoms with Crippen LogP contribution in [0.3, 0.4) is 0 Å². The average molecular weight is 160 g/mol. The van der Waals surface area contributed by atoms with Crippen molar-refractivity contribution in [2.45, 2.75) is 45.8 Å². The topological polar surface area (TPSA) is 18.5 Å². The second-order valence-electron chi connectivity index (χ2n) is 2.65. The molecule has 0 saturated carbocycles. The first-order chi connectivity index (χ1) is 5.24. The summed E-state index contributed by atoms with van der Waals surface area (Å²) in [5.74, 6) is -0.316. The van der Waals surface area contributed by atoms with Gasteiger partial charge < -0.3 is 9.47 Å². The fraction of sp³-hybridized carbons (Fsp3) is 1.00. The van der Waals surface area contributed by atoms with Crippen molar-refractivity contribution in [2.75, 3.05) is 13.7 Å². The van der Waals surface area contributed by atoms with E-state index in [1.165, 1.54) is 0 Å². The van der Waals surface area contributed by atoms with Crippen LogP contribution in [-0.2, 0) is 9.47 Å². The molecule has 0 rings (SSSR count). The smallest absolute Gasteiger partial charge is 0.167 e. The summed E-state index contributed by atoms with van der Waals surface area (Å²) in [6.45, 7) is 6.96. The lowest BCUT2D eigenvalue weighted by Crippen LogP contribution is -2.33. The highest BCUT2D eigenvalue weighted by molar-refractivity contribution is 4.65. The monoisotopic (exact) mass is 160 g/mol. The van der Waals surface area contributed by atoms with E-state index in [0.29, 0.717) is 0 Å². The van der Waals surface area contributed by atoms with E-state index in [-0.39, 0.29) is 5.79 Å². The fourth-order valence-corrected chi connectivity index (χ4v) is 1.30. The van der Waals surface area contributed by atoms with E-state index < -0.39 is 0 Å². The molecule has 2 heteroatoms. The normalized spacial score (nSPS) is 16.4. The molecule has 0 N–H and O–H groups in total. The third kappa shape index (κ3) is 3.21. The highest BCUT2D eigenvalue weighted by Crippen LogP contribution is 2.22. The van der Waals surface area contributed by atoms with E-state index in [9.17, 15) is 0 Å². The van der Waals surface area contributed by atoms with Gasteiger partial charge in [0.15, 0.2) is 5.79 Å². The summed E-state index contributed by atoms with van der Waals surface area (Å²) in [5, 5.41) is 0. The third-order valence-electron chi connectivity index (χ3n) is 1.95.